The summed E-state index contributed by atoms with van der Waals surface area (Å²) in [5, 5.41) is 0. The van der Waals surface area contributed by atoms with Crippen LogP contribution in [0.15, 0.2) is 42.6 Å². The van der Waals surface area contributed by atoms with Gasteiger partial charge in [-0.05, 0) is 61.1 Å². The zero-order valence-electron chi connectivity index (χ0n) is 18.1. The molecular weight excluding hydrogens is 374 g/mol. The monoisotopic (exact) mass is 407 g/mol. The van der Waals surface area contributed by atoms with Crippen molar-refractivity contribution in [2.75, 3.05) is 33.3 Å². The molecule has 1 atom stereocenters. The Hall–Kier alpha value is -2.40. The molecule has 1 unspecified atom stereocenters. The summed E-state index contributed by atoms with van der Waals surface area (Å²) >= 11 is 0. The van der Waals surface area contributed by atoms with Crippen molar-refractivity contribution in [3.05, 3.63) is 59.4 Å². The maximum Gasteiger partial charge on any atom is 0.222 e. The number of piperidine rings is 1. The van der Waals surface area contributed by atoms with Crippen LogP contribution in [0.1, 0.15) is 42.5 Å². The lowest BCUT2D eigenvalue weighted by atomic mass is 9.92. The average Bonchev–Trinajstić information content (AvgIpc) is 3.25. The molecule has 0 aliphatic carbocycles. The second-order valence-corrected chi connectivity index (χ2v) is 8.71. The molecule has 30 heavy (non-hydrogen) atoms. The SMILES string of the molecule is CN(CCc1ccccn1)C(=O)CCC1CCCN(Cc2ccc3c(c2)CCO3)C1. The minimum absolute atomic E-state index is 0.252. The Morgan fingerprint density at radius 3 is 3.10 bits per heavy atom. The van der Waals surface area contributed by atoms with Gasteiger partial charge in [-0.15, -0.1) is 0 Å². The maximum atomic E-state index is 12.6. The van der Waals surface area contributed by atoms with Gasteiger partial charge < -0.3 is 9.64 Å². The molecule has 5 nitrogen and oxygen atoms in total. The van der Waals surface area contributed by atoms with Crippen molar-refractivity contribution in [3.8, 4) is 5.75 Å². The van der Waals surface area contributed by atoms with Crippen LogP contribution < -0.4 is 4.74 Å². The zero-order valence-corrected chi connectivity index (χ0v) is 18.1. The number of carbonyl (C=O) groups is 1. The number of amides is 1. The van der Waals surface area contributed by atoms with Gasteiger partial charge in [-0.2, -0.15) is 0 Å². The van der Waals surface area contributed by atoms with Crippen molar-refractivity contribution in [2.45, 2.75) is 45.1 Å². The number of nitrogens with zero attached hydrogens (tertiary/aromatic N) is 3. The van der Waals surface area contributed by atoms with E-state index in [-0.39, 0.29) is 5.91 Å². The Morgan fingerprint density at radius 2 is 2.23 bits per heavy atom. The zero-order chi connectivity index (χ0) is 20.8. The van der Waals surface area contributed by atoms with E-state index in [4.69, 9.17) is 4.74 Å². The first-order valence-electron chi connectivity index (χ1n) is 11.3. The van der Waals surface area contributed by atoms with Gasteiger partial charge in [0.1, 0.15) is 5.75 Å². The number of benzene rings is 1. The normalized spacial score (nSPS) is 18.6. The van der Waals surface area contributed by atoms with Crippen LogP contribution in [0.3, 0.4) is 0 Å². The smallest absolute Gasteiger partial charge is 0.222 e. The van der Waals surface area contributed by atoms with Gasteiger partial charge in [0.25, 0.3) is 0 Å². The number of pyridine rings is 1. The quantitative estimate of drug-likeness (QED) is 0.669. The lowest BCUT2D eigenvalue weighted by molar-refractivity contribution is -0.130. The van der Waals surface area contributed by atoms with Crippen LogP contribution in [0.4, 0.5) is 0 Å². The second kappa shape index (κ2) is 10.1. The van der Waals surface area contributed by atoms with E-state index in [1.807, 2.05) is 36.3 Å². The first kappa shape index (κ1) is 20.9. The van der Waals surface area contributed by atoms with Gasteiger partial charge in [0, 0.05) is 57.8 Å². The first-order chi connectivity index (χ1) is 14.7. The van der Waals surface area contributed by atoms with E-state index >= 15 is 0 Å². The van der Waals surface area contributed by atoms with E-state index in [9.17, 15) is 4.79 Å². The first-order valence-corrected chi connectivity index (χ1v) is 11.3. The van der Waals surface area contributed by atoms with Crippen molar-refractivity contribution in [2.24, 2.45) is 5.92 Å². The predicted molar refractivity (Wildman–Crippen MR) is 118 cm³/mol. The van der Waals surface area contributed by atoms with Gasteiger partial charge >= 0.3 is 0 Å². The van der Waals surface area contributed by atoms with Crippen molar-refractivity contribution in [1.82, 2.24) is 14.8 Å². The number of carbonyl (C=O) groups excluding carboxylic acids is 1. The molecule has 0 bridgehead atoms. The summed E-state index contributed by atoms with van der Waals surface area (Å²) in [6, 6.07) is 12.6. The lowest BCUT2D eigenvalue weighted by Gasteiger charge is -2.33. The molecule has 2 aliphatic rings. The molecule has 0 N–H and O–H groups in total. The largest absolute Gasteiger partial charge is 0.493 e. The Labute approximate surface area is 180 Å². The molecule has 2 aromatic rings. The third kappa shape index (κ3) is 5.60. The summed E-state index contributed by atoms with van der Waals surface area (Å²) in [6.07, 6.45) is 7.74. The van der Waals surface area contributed by atoms with Crippen LogP contribution in [-0.2, 0) is 24.2 Å². The number of rotatable bonds is 8. The highest BCUT2D eigenvalue weighted by Crippen LogP contribution is 2.28. The summed E-state index contributed by atoms with van der Waals surface area (Å²) < 4.78 is 5.62. The van der Waals surface area contributed by atoms with Gasteiger partial charge in [0.2, 0.25) is 5.91 Å². The molecule has 5 heteroatoms. The Balaban J connectivity index is 1.20. The summed E-state index contributed by atoms with van der Waals surface area (Å²) in [4.78, 5) is 21.3. The highest BCUT2D eigenvalue weighted by molar-refractivity contribution is 5.75. The van der Waals surface area contributed by atoms with Crippen LogP contribution in [0, 0.1) is 5.92 Å². The van der Waals surface area contributed by atoms with Gasteiger partial charge in [-0.3, -0.25) is 14.7 Å². The molecule has 160 valence electrons. The molecule has 1 aromatic carbocycles. The summed E-state index contributed by atoms with van der Waals surface area (Å²) in [6.45, 7) is 4.80. The Morgan fingerprint density at radius 1 is 1.30 bits per heavy atom. The number of hydrogen-bond acceptors (Lipinski definition) is 4. The fourth-order valence-electron chi connectivity index (χ4n) is 4.60. The Kier molecular flexibility index (Phi) is 7.00. The highest BCUT2D eigenvalue weighted by atomic mass is 16.5. The van der Waals surface area contributed by atoms with E-state index < -0.39 is 0 Å². The summed E-state index contributed by atoms with van der Waals surface area (Å²) in [5.74, 6) is 1.92. The third-order valence-electron chi connectivity index (χ3n) is 6.38. The molecule has 1 aromatic heterocycles. The average molecular weight is 408 g/mol. The van der Waals surface area contributed by atoms with Gasteiger partial charge in [0.05, 0.1) is 6.61 Å². The van der Waals surface area contributed by atoms with E-state index in [1.165, 1.54) is 24.0 Å². The van der Waals surface area contributed by atoms with Crippen LogP contribution >= 0.6 is 0 Å². The van der Waals surface area contributed by atoms with E-state index in [2.05, 4.69) is 28.1 Å². The van der Waals surface area contributed by atoms with Crippen molar-refractivity contribution >= 4 is 5.91 Å². The van der Waals surface area contributed by atoms with Gasteiger partial charge in [0.15, 0.2) is 0 Å². The number of aromatic nitrogens is 1. The van der Waals surface area contributed by atoms with Gasteiger partial charge in [-0.25, -0.2) is 0 Å². The second-order valence-electron chi connectivity index (χ2n) is 8.71. The molecular formula is C25H33N3O2. The fourth-order valence-corrected chi connectivity index (χ4v) is 4.60. The lowest BCUT2D eigenvalue weighted by Crippen LogP contribution is -2.36. The third-order valence-corrected chi connectivity index (χ3v) is 6.38. The molecule has 0 saturated carbocycles. The summed E-state index contributed by atoms with van der Waals surface area (Å²) in [7, 11) is 1.91. The molecule has 1 fully saturated rings. The topological polar surface area (TPSA) is 45.7 Å². The van der Waals surface area contributed by atoms with Gasteiger partial charge in [-0.1, -0.05) is 18.2 Å². The maximum absolute atomic E-state index is 12.6. The van der Waals surface area contributed by atoms with Crippen LogP contribution in [0.5, 0.6) is 5.75 Å². The predicted octanol–water partition coefficient (Wildman–Crippen LogP) is 3.71. The van der Waals surface area contributed by atoms with Crippen molar-refractivity contribution in [3.63, 3.8) is 0 Å². The molecule has 1 amide bonds. The van der Waals surface area contributed by atoms with Crippen LogP contribution in [0.2, 0.25) is 0 Å². The molecule has 2 aliphatic heterocycles. The standard InChI is InChI=1S/C25H33N3O2/c1-27(15-11-23-6-2-3-13-26-23)25(29)10-8-20-5-4-14-28(18-20)19-21-7-9-24-22(17-21)12-16-30-24/h2-3,6-7,9,13,17,20H,4-5,8,10-12,14-16,18-19H2,1H3. The number of likely N-dealkylation sites (N-methyl/N-ethyl adjacent to an activating group) is 1. The minimum Gasteiger partial charge on any atom is -0.493 e. The van der Waals surface area contributed by atoms with Crippen LogP contribution in [-0.4, -0.2) is 54.0 Å². The summed E-state index contributed by atoms with van der Waals surface area (Å²) in [5.41, 5.74) is 3.77. The number of likely N-dealkylation sites (tertiary alicyclic amines) is 1. The number of ether oxygens (including phenoxy) is 1. The van der Waals surface area contributed by atoms with Crippen molar-refractivity contribution < 1.29 is 9.53 Å². The fraction of sp³-hybridized carbons (Fsp3) is 0.520. The van der Waals surface area contributed by atoms with E-state index in [0.29, 0.717) is 12.3 Å². The molecule has 0 radical (unpaired) electrons. The Bertz CT molecular complexity index is 840. The van der Waals surface area contributed by atoms with E-state index in [1.54, 1.807) is 0 Å². The molecule has 3 heterocycles. The highest BCUT2D eigenvalue weighted by Gasteiger charge is 2.22. The van der Waals surface area contributed by atoms with Crippen molar-refractivity contribution in [1.29, 1.82) is 0 Å². The number of hydrogen-bond donors (Lipinski definition) is 0. The van der Waals surface area contributed by atoms with E-state index in [0.717, 1.165) is 63.5 Å². The molecule has 1 saturated heterocycles. The molecule has 0 spiro atoms. The van der Waals surface area contributed by atoms with Crippen LogP contribution in [0.25, 0.3) is 0 Å². The minimum atomic E-state index is 0.252. The number of fused-ring (bicyclic) bond motifs is 1. The molecule has 4 rings (SSSR count).